The number of pyridine rings is 1. The van der Waals surface area contributed by atoms with Gasteiger partial charge in [0.25, 0.3) is 0 Å². The van der Waals surface area contributed by atoms with E-state index in [0.717, 1.165) is 15.9 Å². The third-order valence-electron chi connectivity index (χ3n) is 1.56. The van der Waals surface area contributed by atoms with E-state index in [1.54, 1.807) is 6.20 Å². The molecular weight excluding hydrogens is 172 g/mol. The van der Waals surface area contributed by atoms with Gasteiger partial charge < -0.3 is 5.32 Å². The van der Waals surface area contributed by atoms with Gasteiger partial charge in [0.05, 0.1) is 5.69 Å². The maximum absolute atomic E-state index is 10.2. The number of anilines is 1. The second-order valence-electron chi connectivity index (χ2n) is 2.27. The Kier molecular flexibility index (Phi) is 1.75. The van der Waals surface area contributed by atoms with E-state index in [0.29, 0.717) is 6.41 Å². The van der Waals surface area contributed by atoms with Crippen LogP contribution >= 0.6 is 11.3 Å². The third-order valence-corrected chi connectivity index (χ3v) is 2.47. The highest BCUT2D eigenvalue weighted by molar-refractivity contribution is 7.17. The van der Waals surface area contributed by atoms with Gasteiger partial charge in [0, 0.05) is 17.0 Å². The van der Waals surface area contributed by atoms with E-state index in [9.17, 15) is 4.79 Å². The molecule has 60 valence electrons. The van der Waals surface area contributed by atoms with Crippen molar-refractivity contribution in [3.63, 3.8) is 0 Å². The molecule has 0 radical (unpaired) electrons. The van der Waals surface area contributed by atoms with Crippen LogP contribution in [0.25, 0.3) is 10.2 Å². The zero-order chi connectivity index (χ0) is 8.39. The van der Waals surface area contributed by atoms with Gasteiger partial charge in [-0.3, -0.25) is 4.79 Å². The molecule has 0 aromatic carbocycles. The first-order chi connectivity index (χ1) is 5.92. The first kappa shape index (κ1) is 7.24. The highest BCUT2D eigenvalue weighted by Gasteiger charge is 2.01. The molecule has 1 amide bonds. The van der Waals surface area contributed by atoms with Crippen LogP contribution in [-0.4, -0.2) is 11.4 Å². The van der Waals surface area contributed by atoms with Crippen molar-refractivity contribution in [3.05, 3.63) is 23.7 Å². The molecule has 0 aliphatic carbocycles. The second-order valence-corrected chi connectivity index (χ2v) is 3.13. The standard InChI is InChI=1S/C8H6N2OS/c11-5-10-7-4-12-8-6(7)2-1-3-9-8/h1-5H,(H,10,11). The summed E-state index contributed by atoms with van der Waals surface area (Å²) < 4.78 is 0. The number of hydrogen-bond donors (Lipinski definition) is 1. The minimum Gasteiger partial charge on any atom is -0.327 e. The molecule has 12 heavy (non-hydrogen) atoms. The average molecular weight is 178 g/mol. The highest BCUT2D eigenvalue weighted by Crippen LogP contribution is 2.27. The van der Waals surface area contributed by atoms with E-state index in [-0.39, 0.29) is 0 Å². The van der Waals surface area contributed by atoms with Crippen molar-refractivity contribution >= 4 is 33.7 Å². The molecule has 0 saturated heterocycles. The van der Waals surface area contributed by atoms with Crippen LogP contribution in [0.15, 0.2) is 23.7 Å². The van der Waals surface area contributed by atoms with Crippen molar-refractivity contribution in [2.45, 2.75) is 0 Å². The van der Waals surface area contributed by atoms with Crippen LogP contribution in [0, 0.1) is 0 Å². The van der Waals surface area contributed by atoms with E-state index in [1.807, 2.05) is 17.5 Å². The SMILES string of the molecule is O=CNc1csc2ncccc12. The van der Waals surface area contributed by atoms with Crippen molar-refractivity contribution in [2.75, 3.05) is 5.32 Å². The number of hydrogen-bond acceptors (Lipinski definition) is 3. The first-order valence-electron chi connectivity index (χ1n) is 3.44. The van der Waals surface area contributed by atoms with E-state index < -0.39 is 0 Å². The van der Waals surface area contributed by atoms with Crippen molar-refractivity contribution in [2.24, 2.45) is 0 Å². The maximum Gasteiger partial charge on any atom is 0.211 e. The van der Waals surface area contributed by atoms with Crippen LogP contribution < -0.4 is 5.32 Å². The summed E-state index contributed by atoms with van der Waals surface area (Å²) >= 11 is 1.52. The summed E-state index contributed by atoms with van der Waals surface area (Å²) in [5.41, 5.74) is 0.832. The molecule has 0 unspecified atom stereocenters. The Morgan fingerprint density at radius 3 is 3.33 bits per heavy atom. The lowest BCUT2D eigenvalue weighted by Crippen LogP contribution is -1.91. The number of thiophene rings is 1. The molecule has 0 bridgehead atoms. The molecule has 3 nitrogen and oxygen atoms in total. The number of fused-ring (bicyclic) bond motifs is 1. The second kappa shape index (κ2) is 2.91. The normalized spacial score (nSPS) is 10.0. The summed E-state index contributed by atoms with van der Waals surface area (Å²) in [7, 11) is 0. The number of rotatable bonds is 2. The summed E-state index contributed by atoms with van der Waals surface area (Å²) in [4.78, 5) is 15.3. The number of amides is 1. The molecule has 4 heteroatoms. The van der Waals surface area contributed by atoms with E-state index >= 15 is 0 Å². The Hall–Kier alpha value is -1.42. The quantitative estimate of drug-likeness (QED) is 0.713. The van der Waals surface area contributed by atoms with Crippen LogP contribution in [0.2, 0.25) is 0 Å². The van der Waals surface area contributed by atoms with Gasteiger partial charge >= 0.3 is 0 Å². The van der Waals surface area contributed by atoms with Crippen LogP contribution in [0.3, 0.4) is 0 Å². The summed E-state index contributed by atoms with van der Waals surface area (Å²) in [6.45, 7) is 0. The van der Waals surface area contributed by atoms with E-state index in [4.69, 9.17) is 0 Å². The molecule has 2 rings (SSSR count). The Morgan fingerprint density at radius 1 is 1.58 bits per heavy atom. The third kappa shape index (κ3) is 1.06. The zero-order valence-electron chi connectivity index (χ0n) is 6.15. The predicted molar refractivity (Wildman–Crippen MR) is 49.3 cm³/mol. The molecule has 0 fully saturated rings. The smallest absolute Gasteiger partial charge is 0.211 e. The van der Waals surface area contributed by atoms with Gasteiger partial charge in [-0.2, -0.15) is 0 Å². The summed E-state index contributed by atoms with van der Waals surface area (Å²) in [5.74, 6) is 0. The lowest BCUT2D eigenvalue weighted by Gasteiger charge is -1.92. The van der Waals surface area contributed by atoms with Crippen molar-refractivity contribution in [3.8, 4) is 0 Å². The van der Waals surface area contributed by atoms with Gasteiger partial charge in [-0.25, -0.2) is 4.98 Å². The van der Waals surface area contributed by atoms with Crippen LogP contribution in [0.5, 0.6) is 0 Å². The van der Waals surface area contributed by atoms with Gasteiger partial charge in [-0.15, -0.1) is 11.3 Å². The molecule has 2 aromatic heterocycles. The molecule has 0 aliphatic rings. The maximum atomic E-state index is 10.2. The van der Waals surface area contributed by atoms with E-state index in [2.05, 4.69) is 10.3 Å². The average Bonchev–Trinajstić information content (AvgIpc) is 2.50. The number of carbonyl (C=O) groups is 1. The lowest BCUT2D eigenvalue weighted by molar-refractivity contribution is -0.105. The van der Waals surface area contributed by atoms with Crippen molar-refractivity contribution < 1.29 is 4.79 Å². The highest BCUT2D eigenvalue weighted by atomic mass is 32.1. The molecule has 0 saturated carbocycles. The Labute approximate surface area is 73.0 Å². The van der Waals surface area contributed by atoms with E-state index in [1.165, 1.54) is 11.3 Å². The van der Waals surface area contributed by atoms with Gasteiger partial charge in [0.2, 0.25) is 6.41 Å². The zero-order valence-corrected chi connectivity index (χ0v) is 6.97. The number of carbonyl (C=O) groups excluding carboxylic acids is 1. The number of nitrogens with one attached hydrogen (secondary N) is 1. The minimum atomic E-state index is 0.675. The topological polar surface area (TPSA) is 42.0 Å². The van der Waals surface area contributed by atoms with Crippen LogP contribution in [0.1, 0.15) is 0 Å². The molecule has 0 spiro atoms. The first-order valence-corrected chi connectivity index (χ1v) is 4.32. The van der Waals surface area contributed by atoms with Gasteiger partial charge in [-0.1, -0.05) is 0 Å². The summed E-state index contributed by atoms with van der Waals surface area (Å²) in [6.07, 6.45) is 2.41. The van der Waals surface area contributed by atoms with Gasteiger partial charge in [0.1, 0.15) is 4.83 Å². The van der Waals surface area contributed by atoms with Crippen LogP contribution in [-0.2, 0) is 4.79 Å². The molecule has 2 heterocycles. The fourth-order valence-corrected chi connectivity index (χ4v) is 1.89. The predicted octanol–water partition coefficient (Wildman–Crippen LogP) is 1.86. The molecule has 2 aromatic rings. The number of aromatic nitrogens is 1. The van der Waals surface area contributed by atoms with Gasteiger partial charge in [-0.05, 0) is 12.1 Å². The van der Waals surface area contributed by atoms with Crippen molar-refractivity contribution in [1.29, 1.82) is 0 Å². The summed E-state index contributed by atoms with van der Waals surface area (Å²) in [5, 5.41) is 5.50. The molecule has 0 atom stereocenters. The molecule has 0 aliphatic heterocycles. The monoisotopic (exact) mass is 178 g/mol. The van der Waals surface area contributed by atoms with Crippen molar-refractivity contribution in [1.82, 2.24) is 4.98 Å². The Morgan fingerprint density at radius 2 is 2.50 bits per heavy atom. The van der Waals surface area contributed by atoms with Gasteiger partial charge in [0.15, 0.2) is 0 Å². The Balaban J connectivity index is 2.62. The largest absolute Gasteiger partial charge is 0.327 e. The fraction of sp³-hybridized carbons (Fsp3) is 0. The molecular formula is C8H6N2OS. The lowest BCUT2D eigenvalue weighted by atomic mass is 10.3. The molecule has 1 N–H and O–H groups in total. The van der Waals surface area contributed by atoms with Crippen LogP contribution in [0.4, 0.5) is 5.69 Å². The number of nitrogens with zero attached hydrogens (tertiary/aromatic N) is 1. The summed E-state index contributed by atoms with van der Waals surface area (Å²) in [6, 6.07) is 3.79. The fourth-order valence-electron chi connectivity index (χ4n) is 1.04. The minimum absolute atomic E-state index is 0.675. The Bertz CT molecular complexity index is 410.